The van der Waals surface area contributed by atoms with Gasteiger partial charge in [-0.15, -0.1) is 11.6 Å². The smallest absolute Gasteiger partial charge is 0.244 e. The minimum Gasteiger partial charge on any atom is -0.372 e. The van der Waals surface area contributed by atoms with Crippen LogP contribution in [-0.4, -0.2) is 50.0 Å². The van der Waals surface area contributed by atoms with Crippen LogP contribution in [0, 0.1) is 0 Å². The third kappa shape index (κ3) is 9.96. The second-order valence-corrected chi connectivity index (χ2v) is 4.29. The second-order valence-electron chi connectivity index (χ2n) is 3.98. The molecule has 0 saturated carbocycles. The van der Waals surface area contributed by atoms with Crippen LogP contribution in [0.15, 0.2) is 12.2 Å². The fourth-order valence-corrected chi connectivity index (χ4v) is 1.07. The number of epoxide rings is 1. The van der Waals surface area contributed by atoms with Gasteiger partial charge in [-0.05, 0) is 33.5 Å². The zero-order valence-corrected chi connectivity index (χ0v) is 10.8. The molecule has 1 unspecified atom stereocenters. The molecule has 5 heteroatoms. The molecule has 1 fully saturated rings. The van der Waals surface area contributed by atoms with Gasteiger partial charge in [-0.25, -0.2) is 0 Å². The Labute approximate surface area is 102 Å². The first-order valence-electron chi connectivity index (χ1n) is 5.27. The van der Waals surface area contributed by atoms with Crippen LogP contribution >= 0.6 is 11.6 Å². The van der Waals surface area contributed by atoms with Gasteiger partial charge in [-0.1, -0.05) is 6.58 Å². The van der Waals surface area contributed by atoms with Crippen molar-refractivity contribution in [3.63, 3.8) is 0 Å². The number of ether oxygens (including phenoxy) is 1. The predicted molar refractivity (Wildman–Crippen MR) is 66.6 cm³/mol. The Morgan fingerprint density at radius 1 is 1.62 bits per heavy atom. The molecule has 1 aliphatic heterocycles. The van der Waals surface area contributed by atoms with Gasteiger partial charge in [0.2, 0.25) is 5.91 Å². The van der Waals surface area contributed by atoms with Gasteiger partial charge in [-0.3, -0.25) is 4.79 Å². The number of amides is 1. The molecule has 0 radical (unpaired) electrons. The molecule has 94 valence electrons. The van der Waals surface area contributed by atoms with Gasteiger partial charge in [0.1, 0.15) is 0 Å². The van der Waals surface area contributed by atoms with Gasteiger partial charge in [0, 0.05) is 5.57 Å². The van der Waals surface area contributed by atoms with Crippen molar-refractivity contribution >= 4 is 17.5 Å². The lowest BCUT2D eigenvalue weighted by molar-refractivity contribution is -0.114. The molecular weight excluding hydrogens is 228 g/mol. The highest BCUT2D eigenvalue weighted by atomic mass is 35.5. The van der Waals surface area contributed by atoms with Crippen LogP contribution in [0.4, 0.5) is 0 Å². The summed E-state index contributed by atoms with van der Waals surface area (Å²) < 4.78 is 4.73. The first-order valence-corrected chi connectivity index (χ1v) is 5.80. The minimum absolute atomic E-state index is 0.385. The molecule has 1 aliphatic rings. The average Bonchev–Trinajstić information content (AvgIpc) is 3.00. The third-order valence-corrected chi connectivity index (χ3v) is 2.35. The van der Waals surface area contributed by atoms with E-state index in [1.165, 1.54) is 0 Å². The predicted octanol–water partition coefficient (Wildman–Crippen LogP) is 0.994. The Kier molecular flexibility index (Phi) is 8.25. The normalized spacial score (nSPS) is 17.6. The van der Waals surface area contributed by atoms with Crippen LogP contribution in [0.1, 0.15) is 12.8 Å². The van der Waals surface area contributed by atoms with Crippen molar-refractivity contribution < 1.29 is 9.53 Å². The van der Waals surface area contributed by atoms with E-state index in [2.05, 4.69) is 11.5 Å². The van der Waals surface area contributed by atoms with E-state index in [0.717, 1.165) is 19.6 Å². The van der Waals surface area contributed by atoms with Crippen molar-refractivity contribution in [2.75, 3.05) is 33.1 Å². The van der Waals surface area contributed by atoms with Crippen LogP contribution in [0.3, 0.4) is 0 Å². The van der Waals surface area contributed by atoms with E-state index in [1.807, 2.05) is 14.1 Å². The molecule has 0 aliphatic carbocycles. The van der Waals surface area contributed by atoms with E-state index in [1.54, 1.807) is 0 Å². The number of alkyl halides is 1. The van der Waals surface area contributed by atoms with Gasteiger partial charge in [0.05, 0.1) is 18.6 Å². The molecule has 1 saturated heterocycles. The first kappa shape index (κ1) is 15.4. The maximum Gasteiger partial charge on any atom is 0.244 e. The first-order chi connectivity index (χ1) is 7.47. The SMILES string of the molecule is C=C(CCCN(C)C)C(N)=O.ClCC1CO1. The lowest BCUT2D eigenvalue weighted by Gasteiger charge is -2.08. The van der Waals surface area contributed by atoms with Crippen molar-refractivity contribution in [3.05, 3.63) is 12.2 Å². The number of halogens is 1. The fraction of sp³-hybridized carbons (Fsp3) is 0.727. The van der Waals surface area contributed by atoms with E-state index in [4.69, 9.17) is 22.1 Å². The van der Waals surface area contributed by atoms with Crippen LogP contribution in [-0.2, 0) is 9.53 Å². The minimum atomic E-state index is -0.385. The molecule has 2 N–H and O–H groups in total. The monoisotopic (exact) mass is 248 g/mol. The summed E-state index contributed by atoms with van der Waals surface area (Å²) in [6.07, 6.45) is 2.04. The number of carbonyl (C=O) groups is 1. The highest BCUT2D eigenvalue weighted by Crippen LogP contribution is 2.08. The number of primary amides is 1. The van der Waals surface area contributed by atoms with Gasteiger partial charge < -0.3 is 15.4 Å². The summed E-state index contributed by atoms with van der Waals surface area (Å²) in [5.41, 5.74) is 5.52. The van der Waals surface area contributed by atoms with Gasteiger partial charge in [0.15, 0.2) is 0 Å². The number of hydrogen-bond donors (Lipinski definition) is 1. The standard InChI is InChI=1S/C8H16N2O.C3H5ClO/c1-7(8(9)11)5-4-6-10(2)3;4-1-3-2-5-3/h1,4-6H2,2-3H3,(H2,9,11);3H,1-2H2. The third-order valence-electron chi connectivity index (χ3n) is 2.01. The van der Waals surface area contributed by atoms with Crippen molar-refractivity contribution in [1.82, 2.24) is 4.90 Å². The second kappa shape index (κ2) is 8.56. The van der Waals surface area contributed by atoms with Crippen LogP contribution in [0.2, 0.25) is 0 Å². The topological polar surface area (TPSA) is 58.9 Å². The molecule has 1 atom stereocenters. The summed E-state index contributed by atoms with van der Waals surface area (Å²) in [5, 5.41) is 0. The van der Waals surface area contributed by atoms with Gasteiger partial charge in [-0.2, -0.15) is 0 Å². The Bertz CT molecular complexity index is 228. The van der Waals surface area contributed by atoms with E-state index in [0.29, 0.717) is 24.0 Å². The molecule has 1 rings (SSSR count). The van der Waals surface area contributed by atoms with Crippen LogP contribution in [0.5, 0.6) is 0 Å². The largest absolute Gasteiger partial charge is 0.372 e. The molecule has 4 nitrogen and oxygen atoms in total. The van der Waals surface area contributed by atoms with Gasteiger partial charge in [0.25, 0.3) is 0 Å². The summed E-state index contributed by atoms with van der Waals surface area (Å²) >= 11 is 5.27. The number of nitrogens with zero attached hydrogens (tertiary/aromatic N) is 1. The highest BCUT2D eigenvalue weighted by Gasteiger charge is 2.19. The number of rotatable bonds is 6. The Morgan fingerprint density at radius 2 is 2.19 bits per heavy atom. The number of carbonyl (C=O) groups excluding carboxylic acids is 1. The Morgan fingerprint density at radius 3 is 2.44 bits per heavy atom. The number of nitrogens with two attached hydrogens (primary N) is 1. The summed E-state index contributed by atoms with van der Waals surface area (Å²) in [7, 11) is 3.99. The lowest BCUT2D eigenvalue weighted by atomic mass is 10.1. The van der Waals surface area contributed by atoms with Gasteiger partial charge >= 0.3 is 0 Å². The van der Waals surface area contributed by atoms with E-state index < -0.39 is 0 Å². The fourth-order valence-electron chi connectivity index (χ4n) is 0.889. The molecule has 0 aromatic rings. The van der Waals surface area contributed by atoms with Crippen molar-refractivity contribution in [1.29, 1.82) is 0 Å². The summed E-state index contributed by atoms with van der Waals surface area (Å²) in [6, 6.07) is 0. The quantitative estimate of drug-likeness (QED) is 0.433. The lowest BCUT2D eigenvalue weighted by Crippen LogP contribution is -2.16. The van der Waals surface area contributed by atoms with Crippen molar-refractivity contribution in [2.24, 2.45) is 5.73 Å². The molecule has 16 heavy (non-hydrogen) atoms. The molecule has 1 amide bonds. The summed E-state index contributed by atoms with van der Waals surface area (Å²) in [6.45, 7) is 5.40. The van der Waals surface area contributed by atoms with E-state index >= 15 is 0 Å². The molecule has 1 heterocycles. The molecule has 0 spiro atoms. The highest BCUT2D eigenvalue weighted by molar-refractivity contribution is 6.18. The van der Waals surface area contributed by atoms with E-state index in [9.17, 15) is 4.79 Å². The zero-order valence-electron chi connectivity index (χ0n) is 10.0. The maximum absolute atomic E-state index is 10.5. The maximum atomic E-state index is 10.5. The molecule has 0 bridgehead atoms. The molecule has 0 aromatic carbocycles. The van der Waals surface area contributed by atoms with Crippen molar-refractivity contribution in [2.45, 2.75) is 18.9 Å². The number of hydrogen-bond acceptors (Lipinski definition) is 3. The summed E-state index contributed by atoms with van der Waals surface area (Å²) in [5.74, 6) is 0.281. The van der Waals surface area contributed by atoms with Crippen LogP contribution < -0.4 is 5.73 Å². The molecular formula is C11H21ClN2O2. The average molecular weight is 249 g/mol. The summed E-state index contributed by atoms with van der Waals surface area (Å²) in [4.78, 5) is 12.5. The van der Waals surface area contributed by atoms with Crippen LogP contribution in [0.25, 0.3) is 0 Å². The zero-order chi connectivity index (χ0) is 12.6. The molecule has 0 aromatic heterocycles. The Hall–Kier alpha value is -0.580. The Balaban J connectivity index is 0.000000368. The van der Waals surface area contributed by atoms with Crippen molar-refractivity contribution in [3.8, 4) is 0 Å². The van der Waals surface area contributed by atoms with E-state index in [-0.39, 0.29) is 5.91 Å².